The number of hydrogen-bond acceptors (Lipinski definition) is 4. The zero-order chi connectivity index (χ0) is 12.2. The first-order valence-corrected chi connectivity index (χ1v) is 6.84. The zero-order valence-electron chi connectivity index (χ0n) is 10.4. The molecule has 3 aliphatic heterocycles. The van der Waals surface area contributed by atoms with Crippen LogP contribution < -0.4 is 34.7 Å². The number of carbonyl (C=O) groups excluding carboxylic acids is 2. The van der Waals surface area contributed by atoms with Gasteiger partial charge < -0.3 is 9.90 Å². The number of β-lactam (4-membered cyclic amide) rings is 1. The summed E-state index contributed by atoms with van der Waals surface area (Å²) in [6.45, 7) is 1.83. The van der Waals surface area contributed by atoms with Crippen molar-refractivity contribution in [3.63, 3.8) is 0 Å². The van der Waals surface area contributed by atoms with Gasteiger partial charge in [0.15, 0.2) is 0 Å². The topological polar surface area (TPSA) is 60.4 Å². The Morgan fingerprint density at radius 1 is 1.56 bits per heavy atom. The van der Waals surface area contributed by atoms with Crippen molar-refractivity contribution < 1.29 is 44.3 Å². The molecular weight excluding hydrogens is 261 g/mol. The molecule has 3 heterocycles. The van der Waals surface area contributed by atoms with E-state index in [9.17, 15) is 14.7 Å². The number of fused-ring (bicyclic) bond motifs is 3. The van der Waals surface area contributed by atoms with Crippen LogP contribution in [0.4, 0.5) is 0 Å². The summed E-state index contributed by atoms with van der Waals surface area (Å²) in [6.07, 6.45) is 2.56. The average Bonchev–Trinajstić information content (AvgIpc) is 2.61. The quantitative estimate of drug-likeness (QED) is 0.289. The molecule has 18 heavy (non-hydrogen) atoms. The molecule has 0 aromatic carbocycles. The van der Waals surface area contributed by atoms with Crippen LogP contribution in [0.3, 0.4) is 0 Å². The number of thioether (sulfide) groups is 1. The summed E-state index contributed by atoms with van der Waals surface area (Å²) in [4.78, 5) is 24.5. The summed E-state index contributed by atoms with van der Waals surface area (Å²) >= 11 is 1.83. The third-order valence-electron chi connectivity index (χ3n) is 3.75. The van der Waals surface area contributed by atoms with Gasteiger partial charge in [-0.2, -0.15) is 11.8 Å². The number of rotatable bonds is 1. The Bertz CT molecular complexity index is 486. The second-order valence-electron chi connectivity index (χ2n) is 4.46. The standard InChI is InChI=1S/C12H13NO3S.Na/c1-2-6-9-8-5-17-4-3-7(8)10(12(15)16)13(9)11(6)14;/h2,8-9H,3-5H2,1H3,(H,15,16);/q;+1/p-1/b6-2-;/t8-,9-;/m0./s1. The Balaban J connectivity index is 0.00000120. The number of carbonyl (C=O) groups is 2. The van der Waals surface area contributed by atoms with Crippen molar-refractivity contribution in [2.45, 2.75) is 19.4 Å². The van der Waals surface area contributed by atoms with Crippen molar-refractivity contribution in [1.82, 2.24) is 4.90 Å². The minimum Gasteiger partial charge on any atom is -0.543 e. The Hall–Kier alpha value is -0.230. The van der Waals surface area contributed by atoms with E-state index in [1.165, 1.54) is 4.90 Å². The van der Waals surface area contributed by atoms with Crippen molar-refractivity contribution in [1.29, 1.82) is 0 Å². The molecule has 0 unspecified atom stereocenters. The number of amides is 1. The molecule has 1 amide bonds. The Labute approximate surface area is 132 Å². The molecule has 4 nitrogen and oxygen atoms in total. The molecule has 3 rings (SSSR count). The summed E-state index contributed by atoms with van der Waals surface area (Å²) in [5.74, 6) is 0.650. The van der Waals surface area contributed by atoms with Gasteiger partial charge in [-0.3, -0.25) is 9.69 Å². The molecule has 2 saturated heterocycles. The predicted molar refractivity (Wildman–Crippen MR) is 61.9 cm³/mol. The van der Waals surface area contributed by atoms with Crippen LogP contribution in [0.15, 0.2) is 22.9 Å². The van der Waals surface area contributed by atoms with Gasteiger partial charge in [0.25, 0.3) is 5.91 Å². The minimum atomic E-state index is -1.21. The van der Waals surface area contributed by atoms with Crippen LogP contribution in [0.5, 0.6) is 0 Å². The smallest absolute Gasteiger partial charge is 0.543 e. The van der Waals surface area contributed by atoms with Crippen molar-refractivity contribution in [3.8, 4) is 0 Å². The van der Waals surface area contributed by atoms with Crippen LogP contribution in [0.25, 0.3) is 0 Å². The minimum absolute atomic E-state index is 0. The summed E-state index contributed by atoms with van der Waals surface area (Å²) in [6, 6.07) is -0.0387. The number of hydrogen-bond donors (Lipinski definition) is 0. The summed E-state index contributed by atoms with van der Waals surface area (Å²) in [5, 5.41) is 11.2. The molecule has 0 spiro atoms. The van der Waals surface area contributed by atoms with E-state index in [4.69, 9.17) is 0 Å². The van der Waals surface area contributed by atoms with Crippen LogP contribution in [0, 0.1) is 5.92 Å². The molecule has 3 aliphatic rings. The first kappa shape index (κ1) is 14.2. The van der Waals surface area contributed by atoms with Crippen molar-refractivity contribution in [3.05, 3.63) is 22.9 Å². The van der Waals surface area contributed by atoms with E-state index in [0.717, 1.165) is 29.1 Å². The Morgan fingerprint density at radius 2 is 2.28 bits per heavy atom. The predicted octanol–water partition coefficient (Wildman–Crippen LogP) is -3.08. The second-order valence-corrected chi connectivity index (χ2v) is 5.61. The number of nitrogens with zero attached hydrogens (tertiary/aromatic N) is 1. The molecule has 2 atom stereocenters. The molecular formula is C12H12NNaO3S. The van der Waals surface area contributed by atoms with Gasteiger partial charge >= 0.3 is 29.6 Å². The molecule has 0 bridgehead atoms. The van der Waals surface area contributed by atoms with E-state index in [2.05, 4.69) is 0 Å². The molecule has 90 valence electrons. The van der Waals surface area contributed by atoms with Gasteiger partial charge in [-0.05, 0) is 24.7 Å². The average molecular weight is 273 g/mol. The van der Waals surface area contributed by atoms with E-state index in [1.807, 2.05) is 18.7 Å². The fraction of sp³-hybridized carbons (Fsp3) is 0.500. The van der Waals surface area contributed by atoms with E-state index >= 15 is 0 Å². The summed E-state index contributed by atoms with van der Waals surface area (Å²) < 4.78 is 0. The molecule has 6 heteroatoms. The first-order chi connectivity index (χ1) is 8.16. The first-order valence-electron chi connectivity index (χ1n) is 5.68. The molecule has 0 N–H and O–H groups in total. The van der Waals surface area contributed by atoms with Gasteiger partial charge in [-0.1, -0.05) is 6.08 Å². The van der Waals surface area contributed by atoms with E-state index < -0.39 is 5.97 Å². The number of allylic oxidation sites excluding steroid dienone is 1. The van der Waals surface area contributed by atoms with E-state index in [1.54, 1.807) is 6.08 Å². The van der Waals surface area contributed by atoms with Crippen molar-refractivity contribution in [2.24, 2.45) is 5.92 Å². The number of aliphatic carboxylic acids is 1. The third-order valence-corrected chi connectivity index (χ3v) is 4.84. The van der Waals surface area contributed by atoms with Gasteiger partial charge in [-0.25, -0.2) is 0 Å². The normalized spacial score (nSPS) is 31.7. The van der Waals surface area contributed by atoms with Crippen LogP contribution in [-0.4, -0.2) is 34.3 Å². The number of carboxylic acid groups (broad SMARTS) is 1. The van der Waals surface area contributed by atoms with Gasteiger partial charge in [0.2, 0.25) is 0 Å². The van der Waals surface area contributed by atoms with Crippen LogP contribution in [0.2, 0.25) is 0 Å². The fourth-order valence-electron chi connectivity index (χ4n) is 3.03. The maximum atomic E-state index is 11.9. The fourth-order valence-corrected chi connectivity index (χ4v) is 4.20. The monoisotopic (exact) mass is 273 g/mol. The van der Waals surface area contributed by atoms with Crippen LogP contribution >= 0.6 is 11.8 Å². The van der Waals surface area contributed by atoms with Gasteiger partial charge in [-0.15, -0.1) is 0 Å². The van der Waals surface area contributed by atoms with E-state index in [0.29, 0.717) is 0 Å². The van der Waals surface area contributed by atoms with Crippen molar-refractivity contribution in [2.75, 3.05) is 11.5 Å². The molecule has 2 fully saturated rings. The molecule has 0 radical (unpaired) electrons. The Kier molecular flexibility index (Phi) is 3.97. The van der Waals surface area contributed by atoms with E-state index in [-0.39, 0.29) is 53.1 Å². The maximum Gasteiger partial charge on any atom is 1.00 e. The summed E-state index contributed by atoms with van der Waals surface area (Å²) in [5.41, 5.74) is 1.82. The van der Waals surface area contributed by atoms with Crippen molar-refractivity contribution >= 4 is 23.6 Å². The molecule has 0 aromatic rings. The third kappa shape index (κ3) is 1.72. The van der Waals surface area contributed by atoms with Crippen LogP contribution in [-0.2, 0) is 9.59 Å². The Morgan fingerprint density at radius 3 is 2.89 bits per heavy atom. The SMILES string of the molecule is C/C=C1\C(=O)N2C(C(=O)[O-])=C3CCSC[C@@H]3[C@H]12.[Na+]. The molecule has 0 aliphatic carbocycles. The zero-order valence-corrected chi connectivity index (χ0v) is 13.3. The molecule has 0 aromatic heterocycles. The van der Waals surface area contributed by atoms with Gasteiger partial charge in [0.1, 0.15) is 0 Å². The maximum absolute atomic E-state index is 11.9. The largest absolute Gasteiger partial charge is 1.00 e. The van der Waals surface area contributed by atoms with Gasteiger partial charge in [0.05, 0.1) is 17.7 Å². The second kappa shape index (κ2) is 5.04. The van der Waals surface area contributed by atoms with Gasteiger partial charge in [0, 0.05) is 17.2 Å². The summed E-state index contributed by atoms with van der Waals surface area (Å²) in [7, 11) is 0. The van der Waals surface area contributed by atoms with Crippen LogP contribution in [0.1, 0.15) is 13.3 Å². The molecule has 0 saturated carbocycles. The number of carboxylic acids is 1.